The van der Waals surface area contributed by atoms with E-state index in [2.05, 4.69) is 20.9 Å². The third-order valence-corrected chi connectivity index (χ3v) is 3.55. The highest BCUT2D eigenvalue weighted by molar-refractivity contribution is 9.10. The fourth-order valence-electron chi connectivity index (χ4n) is 0.819. The fourth-order valence-corrected chi connectivity index (χ4v) is 3.11. The minimum absolute atomic E-state index is 0.324. The third kappa shape index (κ3) is 2.82. The molecule has 0 saturated heterocycles. The van der Waals surface area contributed by atoms with Crippen LogP contribution in [0.15, 0.2) is 15.6 Å². The summed E-state index contributed by atoms with van der Waals surface area (Å²) in [7, 11) is 0.512. The van der Waals surface area contributed by atoms with Crippen LogP contribution in [0.5, 0.6) is 0 Å². The summed E-state index contributed by atoms with van der Waals surface area (Å²) in [5.41, 5.74) is -0.872. The Morgan fingerprint density at radius 2 is 2.00 bits per heavy atom. The molecule has 1 aromatic heterocycles. The van der Waals surface area contributed by atoms with Gasteiger partial charge in [-0.3, -0.25) is 0 Å². The minimum Gasteiger partial charge on any atom is -0.238 e. The third-order valence-electron chi connectivity index (χ3n) is 1.37. The van der Waals surface area contributed by atoms with Gasteiger partial charge in [-0.1, -0.05) is 0 Å². The number of alkyl halides is 2. The van der Waals surface area contributed by atoms with E-state index < -0.39 is 36.5 Å². The lowest BCUT2D eigenvalue weighted by molar-refractivity contribution is 0.145. The van der Waals surface area contributed by atoms with E-state index in [9.17, 15) is 21.6 Å². The van der Waals surface area contributed by atoms with Gasteiger partial charge < -0.3 is 0 Å². The molecule has 1 aromatic rings. The van der Waals surface area contributed by atoms with E-state index in [-0.39, 0.29) is 0 Å². The van der Waals surface area contributed by atoms with Crippen LogP contribution in [0.4, 0.5) is 13.2 Å². The van der Waals surface area contributed by atoms with Gasteiger partial charge in [0.05, 0.1) is 0 Å². The molecular formula is C6H2BrClF3NO2S. The Morgan fingerprint density at radius 3 is 2.33 bits per heavy atom. The molecule has 0 N–H and O–H groups in total. The second-order valence-corrected chi connectivity index (χ2v) is 5.64. The maximum absolute atomic E-state index is 13.1. The van der Waals surface area contributed by atoms with Gasteiger partial charge in [-0.2, -0.15) is 0 Å². The second kappa shape index (κ2) is 4.26. The molecule has 0 aromatic carbocycles. The number of nitrogens with zero attached hydrogens (tertiary/aromatic N) is 1. The molecule has 3 nitrogen and oxygen atoms in total. The molecule has 0 bridgehead atoms. The lowest BCUT2D eigenvalue weighted by atomic mass is 10.3. The molecule has 0 aliphatic rings. The van der Waals surface area contributed by atoms with Crippen molar-refractivity contribution in [3.8, 4) is 0 Å². The van der Waals surface area contributed by atoms with Gasteiger partial charge in [-0.15, -0.1) is 0 Å². The molecular weight excluding hydrogens is 322 g/mol. The Balaban J connectivity index is 3.48. The van der Waals surface area contributed by atoms with Crippen molar-refractivity contribution in [3.63, 3.8) is 0 Å². The highest BCUT2D eigenvalue weighted by Gasteiger charge is 2.24. The SMILES string of the molecule is O=S(=O)(Cl)c1c(F)cc(C(F)F)nc1Br. The molecule has 0 unspecified atom stereocenters. The van der Waals surface area contributed by atoms with Crippen LogP contribution in [-0.2, 0) is 9.05 Å². The first-order chi connectivity index (χ1) is 6.73. The van der Waals surface area contributed by atoms with Crippen LogP contribution >= 0.6 is 26.6 Å². The highest BCUT2D eigenvalue weighted by Crippen LogP contribution is 2.29. The Morgan fingerprint density at radius 1 is 1.47 bits per heavy atom. The lowest BCUT2D eigenvalue weighted by Gasteiger charge is -2.04. The molecule has 15 heavy (non-hydrogen) atoms. The van der Waals surface area contributed by atoms with E-state index in [1.807, 2.05) is 0 Å². The van der Waals surface area contributed by atoms with Gasteiger partial charge in [-0.25, -0.2) is 26.6 Å². The number of hydrogen-bond acceptors (Lipinski definition) is 3. The zero-order valence-electron chi connectivity index (χ0n) is 6.72. The van der Waals surface area contributed by atoms with Crippen molar-refractivity contribution in [2.75, 3.05) is 0 Å². The van der Waals surface area contributed by atoms with Crippen LogP contribution in [0.2, 0.25) is 0 Å². The van der Waals surface area contributed by atoms with E-state index in [4.69, 9.17) is 10.7 Å². The number of hydrogen-bond donors (Lipinski definition) is 0. The van der Waals surface area contributed by atoms with Crippen molar-refractivity contribution < 1.29 is 21.6 Å². The van der Waals surface area contributed by atoms with Crippen molar-refractivity contribution in [1.82, 2.24) is 4.98 Å². The molecule has 0 saturated carbocycles. The van der Waals surface area contributed by atoms with Crippen LogP contribution in [0.1, 0.15) is 12.1 Å². The standard InChI is InChI=1S/C6H2BrClF3NO2S/c7-5-4(15(8,13)14)2(9)1-3(12-5)6(10)11/h1,6H. The van der Waals surface area contributed by atoms with Crippen molar-refractivity contribution in [2.24, 2.45) is 0 Å². The number of pyridine rings is 1. The van der Waals surface area contributed by atoms with Crippen molar-refractivity contribution >= 4 is 35.7 Å². The van der Waals surface area contributed by atoms with E-state index in [0.29, 0.717) is 6.07 Å². The van der Waals surface area contributed by atoms with Gasteiger partial charge in [0.25, 0.3) is 15.5 Å². The predicted octanol–water partition coefficient (Wildman–Crippen LogP) is 2.85. The molecule has 0 amide bonds. The van der Waals surface area contributed by atoms with Gasteiger partial charge in [0.2, 0.25) is 0 Å². The first-order valence-electron chi connectivity index (χ1n) is 3.32. The molecule has 0 atom stereocenters. The molecule has 84 valence electrons. The van der Waals surface area contributed by atoms with E-state index in [1.165, 1.54) is 0 Å². The summed E-state index contributed by atoms with van der Waals surface area (Å²) < 4.78 is 58.4. The quantitative estimate of drug-likeness (QED) is 0.621. The van der Waals surface area contributed by atoms with Crippen LogP contribution in [0.3, 0.4) is 0 Å². The molecule has 0 aliphatic carbocycles. The van der Waals surface area contributed by atoms with Crippen LogP contribution in [-0.4, -0.2) is 13.4 Å². The van der Waals surface area contributed by atoms with E-state index in [1.54, 1.807) is 0 Å². The molecule has 0 radical (unpaired) electrons. The summed E-state index contributed by atoms with van der Waals surface area (Å²) >= 11 is 2.55. The van der Waals surface area contributed by atoms with Crippen LogP contribution in [0, 0.1) is 5.82 Å². The number of halogens is 5. The summed E-state index contributed by atoms with van der Waals surface area (Å²) in [5.74, 6) is -1.37. The van der Waals surface area contributed by atoms with Gasteiger partial charge in [0.15, 0.2) is 4.90 Å². The molecule has 1 heterocycles. The van der Waals surface area contributed by atoms with Gasteiger partial charge in [0.1, 0.15) is 16.1 Å². The average molecular weight is 325 g/mol. The second-order valence-electron chi connectivity index (χ2n) is 2.39. The predicted molar refractivity (Wildman–Crippen MR) is 49.9 cm³/mol. The van der Waals surface area contributed by atoms with E-state index in [0.717, 1.165) is 0 Å². The van der Waals surface area contributed by atoms with Crippen LogP contribution < -0.4 is 0 Å². The van der Waals surface area contributed by atoms with Gasteiger partial charge >= 0.3 is 0 Å². The molecule has 9 heteroatoms. The number of rotatable bonds is 2. The van der Waals surface area contributed by atoms with E-state index >= 15 is 0 Å². The summed E-state index contributed by atoms with van der Waals surface area (Å²) in [4.78, 5) is 2.21. The largest absolute Gasteiger partial charge is 0.280 e. The number of aromatic nitrogens is 1. The summed E-state index contributed by atoms with van der Waals surface area (Å²) in [5, 5.41) is 0. The Bertz CT molecular complexity index is 470. The highest BCUT2D eigenvalue weighted by atomic mass is 79.9. The summed E-state index contributed by atoms with van der Waals surface area (Å²) in [6, 6.07) is 0.324. The van der Waals surface area contributed by atoms with Gasteiger partial charge in [-0.05, 0) is 15.9 Å². The summed E-state index contributed by atoms with van der Waals surface area (Å²) in [6.45, 7) is 0. The Kier molecular flexibility index (Phi) is 3.62. The first-order valence-corrected chi connectivity index (χ1v) is 6.42. The maximum atomic E-state index is 13.1. The molecule has 0 spiro atoms. The maximum Gasteiger partial charge on any atom is 0.280 e. The van der Waals surface area contributed by atoms with Crippen LogP contribution in [0.25, 0.3) is 0 Å². The van der Waals surface area contributed by atoms with Crippen molar-refractivity contribution in [1.29, 1.82) is 0 Å². The summed E-state index contributed by atoms with van der Waals surface area (Å²) in [6.07, 6.45) is -3.00. The lowest BCUT2D eigenvalue weighted by Crippen LogP contribution is -2.02. The molecule has 0 fully saturated rings. The first kappa shape index (κ1) is 12.7. The average Bonchev–Trinajstić information content (AvgIpc) is 1.99. The zero-order chi connectivity index (χ0) is 11.8. The topological polar surface area (TPSA) is 47.0 Å². The monoisotopic (exact) mass is 323 g/mol. The molecule has 0 aliphatic heterocycles. The zero-order valence-corrected chi connectivity index (χ0v) is 9.87. The molecule has 1 rings (SSSR count). The Labute approximate surface area is 95.8 Å². The fraction of sp³-hybridized carbons (Fsp3) is 0.167. The smallest absolute Gasteiger partial charge is 0.238 e. The Hall–Kier alpha value is -0.340. The van der Waals surface area contributed by atoms with Crippen molar-refractivity contribution in [2.45, 2.75) is 11.3 Å². The normalized spacial score (nSPS) is 12.1. The van der Waals surface area contributed by atoms with Crippen molar-refractivity contribution in [3.05, 3.63) is 22.2 Å². The minimum atomic E-state index is -4.36. The van der Waals surface area contributed by atoms with Gasteiger partial charge in [0, 0.05) is 16.7 Å².